The highest BCUT2D eigenvalue weighted by Crippen LogP contribution is 2.14. The molecule has 1 aromatic carbocycles. The van der Waals surface area contributed by atoms with Crippen molar-refractivity contribution in [2.24, 2.45) is 0 Å². The van der Waals surface area contributed by atoms with Crippen LogP contribution in [0.4, 0.5) is 5.69 Å². The fourth-order valence-corrected chi connectivity index (χ4v) is 1.36. The van der Waals surface area contributed by atoms with Crippen LogP contribution >= 0.6 is 0 Å². The van der Waals surface area contributed by atoms with Gasteiger partial charge in [-0.25, -0.2) is 0 Å². The second-order valence-electron chi connectivity index (χ2n) is 3.92. The Morgan fingerprint density at radius 2 is 1.60 bits per heavy atom. The molecule has 1 aromatic rings. The van der Waals surface area contributed by atoms with Crippen LogP contribution in [-0.4, -0.2) is 37.9 Å². The van der Waals surface area contributed by atoms with Crippen molar-refractivity contribution in [3.63, 3.8) is 0 Å². The van der Waals surface area contributed by atoms with Crippen LogP contribution in [0.25, 0.3) is 0 Å². The van der Waals surface area contributed by atoms with E-state index in [1.54, 1.807) is 24.3 Å². The van der Waals surface area contributed by atoms with E-state index in [0.29, 0.717) is 11.4 Å². The van der Waals surface area contributed by atoms with Gasteiger partial charge in [0, 0.05) is 25.7 Å². The molecule has 0 saturated heterocycles. The zero-order valence-corrected chi connectivity index (χ0v) is 11.4. The van der Waals surface area contributed by atoms with Gasteiger partial charge in [-0.1, -0.05) is 0 Å². The highest BCUT2D eigenvalue weighted by atomic mass is 16.5. The molecule has 0 aliphatic carbocycles. The van der Waals surface area contributed by atoms with Gasteiger partial charge < -0.3 is 20.7 Å². The van der Waals surface area contributed by atoms with Gasteiger partial charge in [0.15, 0.2) is 0 Å². The highest BCUT2D eigenvalue weighted by Gasteiger charge is 2.12. The second kappa shape index (κ2) is 7.78. The number of ether oxygens (including phenoxy) is 1. The van der Waals surface area contributed by atoms with Gasteiger partial charge in [0.2, 0.25) is 5.91 Å². The molecule has 0 bridgehead atoms. The number of carbonyl (C=O) groups excluding carboxylic acids is 3. The molecule has 20 heavy (non-hydrogen) atoms. The minimum atomic E-state index is -0.766. The molecule has 0 aliphatic rings. The van der Waals surface area contributed by atoms with Crippen LogP contribution < -0.4 is 20.7 Å². The Labute approximate surface area is 116 Å². The zero-order valence-electron chi connectivity index (χ0n) is 11.4. The second-order valence-corrected chi connectivity index (χ2v) is 3.92. The highest BCUT2D eigenvalue weighted by molar-refractivity contribution is 6.39. The van der Waals surface area contributed by atoms with Crippen molar-refractivity contribution in [3.05, 3.63) is 24.3 Å². The van der Waals surface area contributed by atoms with Crippen molar-refractivity contribution in [2.75, 3.05) is 25.5 Å². The summed E-state index contributed by atoms with van der Waals surface area (Å²) in [5.74, 6) is -1.06. The molecule has 7 nitrogen and oxygen atoms in total. The van der Waals surface area contributed by atoms with Crippen molar-refractivity contribution in [1.82, 2.24) is 10.6 Å². The summed E-state index contributed by atoms with van der Waals surface area (Å²) < 4.78 is 4.98. The Kier molecular flexibility index (Phi) is 6.02. The fraction of sp³-hybridized carbons (Fsp3) is 0.308. The molecule has 0 aromatic heterocycles. The van der Waals surface area contributed by atoms with E-state index >= 15 is 0 Å². The van der Waals surface area contributed by atoms with Gasteiger partial charge in [-0.05, 0) is 24.3 Å². The number of rotatable bonds is 5. The molecular formula is C13H17N3O4. The van der Waals surface area contributed by atoms with E-state index in [1.807, 2.05) is 0 Å². The van der Waals surface area contributed by atoms with Crippen LogP contribution in [0.1, 0.15) is 6.92 Å². The first kappa shape index (κ1) is 15.5. The van der Waals surface area contributed by atoms with E-state index in [-0.39, 0.29) is 19.0 Å². The SMILES string of the molecule is COc1ccc(NC(=O)C(=O)NCCNC(C)=O)cc1. The molecule has 1 rings (SSSR count). The number of benzene rings is 1. The molecule has 0 heterocycles. The normalized spacial score (nSPS) is 9.50. The standard InChI is InChI=1S/C13H17N3O4/c1-9(17)14-7-8-15-12(18)13(19)16-10-3-5-11(20-2)6-4-10/h3-6H,7-8H2,1-2H3,(H,14,17)(H,15,18)(H,16,19). The quantitative estimate of drug-likeness (QED) is 0.517. The van der Waals surface area contributed by atoms with E-state index in [4.69, 9.17) is 4.74 Å². The first-order chi connectivity index (χ1) is 9.52. The first-order valence-corrected chi connectivity index (χ1v) is 6.00. The molecule has 0 aliphatic heterocycles. The van der Waals surface area contributed by atoms with Gasteiger partial charge >= 0.3 is 11.8 Å². The van der Waals surface area contributed by atoms with Gasteiger partial charge in [0.1, 0.15) is 5.75 Å². The first-order valence-electron chi connectivity index (χ1n) is 6.00. The third-order valence-corrected chi connectivity index (χ3v) is 2.34. The number of nitrogens with one attached hydrogen (secondary N) is 3. The monoisotopic (exact) mass is 279 g/mol. The third kappa shape index (κ3) is 5.38. The minimum Gasteiger partial charge on any atom is -0.497 e. The number of hydrogen-bond acceptors (Lipinski definition) is 4. The van der Waals surface area contributed by atoms with E-state index in [1.165, 1.54) is 14.0 Å². The Bertz CT molecular complexity index is 485. The number of amides is 3. The lowest BCUT2D eigenvalue weighted by molar-refractivity contribution is -0.136. The molecule has 108 valence electrons. The summed E-state index contributed by atoms with van der Waals surface area (Å²) in [7, 11) is 1.54. The lowest BCUT2D eigenvalue weighted by Gasteiger charge is -2.07. The Hall–Kier alpha value is -2.57. The molecule has 0 atom stereocenters. The van der Waals surface area contributed by atoms with Gasteiger partial charge in [-0.2, -0.15) is 0 Å². The summed E-state index contributed by atoms with van der Waals surface area (Å²) in [5.41, 5.74) is 0.493. The van der Waals surface area contributed by atoms with Crippen LogP contribution in [-0.2, 0) is 14.4 Å². The molecule has 3 amide bonds. The minimum absolute atomic E-state index is 0.189. The molecule has 0 radical (unpaired) electrons. The van der Waals surface area contributed by atoms with Crippen LogP contribution in [0.3, 0.4) is 0 Å². The largest absolute Gasteiger partial charge is 0.497 e. The average Bonchev–Trinajstić information content (AvgIpc) is 2.44. The maximum atomic E-state index is 11.6. The summed E-state index contributed by atoms with van der Waals surface area (Å²) in [6.07, 6.45) is 0. The van der Waals surface area contributed by atoms with Crippen LogP contribution in [0, 0.1) is 0 Å². The Balaban J connectivity index is 2.37. The fourth-order valence-electron chi connectivity index (χ4n) is 1.36. The predicted octanol–water partition coefficient (Wildman–Crippen LogP) is -0.114. The van der Waals surface area contributed by atoms with Gasteiger partial charge in [0.05, 0.1) is 7.11 Å². The molecule has 7 heteroatoms. The summed E-state index contributed by atoms with van der Waals surface area (Å²) in [6.45, 7) is 1.84. The molecule has 3 N–H and O–H groups in total. The number of hydrogen-bond donors (Lipinski definition) is 3. The lowest BCUT2D eigenvalue weighted by Crippen LogP contribution is -2.39. The van der Waals surface area contributed by atoms with Gasteiger partial charge in [-0.15, -0.1) is 0 Å². The maximum absolute atomic E-state index is 11.6. The molecule has 0 saturated carbocycles. The van der Waals surface area contributed by atoms with Crippen LogP contribution in [0.2, 0.25) is 0 Å². The van der Waals surface area contributed by atoms with Gasteiger partial charge in [-0.3, -0.25) is 14.4 Å². The van der Waals surface area contributed by atoms with E-state index in [9.17, 15) is 14.4 Å². The number of anilines is 1. The van der Waals surface area contributed by atoms with Crippen molar-refractivity contribution in [2.45, 2.75) is 6.92 Å². The van der Waals surface area contributed by atoms with Crippen molar-refractivity contribution >= 4 is 23.4 Å². The van der Waals surface area contributed by atoms with Gasteiger partial charge in [0.25, 0.3) is 0 Å². The van der Waals surface area contributed by atoms with E-state index < -0.39 is 11.8 Å². The summed E-state index contributed by atoms with van der Waals surface area (Å²) in [4.78, 5) is 33.6. The predicted molar refractivity (Wildman–Crippen MR) is 73.3 cm³/mol. The molecule has 0 spiro atoms. The topological polar surface area (TPSA) is 96.5 Å². The summed E-state index contributed by atoms with van der Waals surface area (Å²) >= 11 is 0. The molecule has 0 unspecified atom stereocenters. The summed E-state index contributed by atoms with van der Waals surface area (Å²) in [6, 6.07) is 6.59. The van der Waals surface area contributed by atoms with E-state index in [2.05, 4.69) is 16.0 Å². The Morgan fingerprint density at radius 3 is 2.15 bits per heavy atom. The third-order valence-electron chi connectivity index (χ3n) is 2.34. The smallest absolute Gasteiger partial charge is 0.313 e. The number of methoxy groups -OCH3 is 1. The van der Waals surface area contributed by atoms with E-state index in [0.717, 1.165) is 0 Å². The summed E-state index contributed by atoms with van der Waals surface area (Å²) in [5, 5.41) is 7.34. The van der Waals surface area contributed by atoms with Crippen LogP contribution in [0.5, 0.6) is 5.75 Å². The zero-order chi connectivity index (χ0) is 15.0. The van der Waals surface area contributed by atoms with Crippen LogP contribution in [0.15, 0.2) is 24.3 Å². The maximum Gasteiger partial charge on any atom is 0.313 e. The molecular weight excluding hydrogens is 262 g/mol. The number of carbonyl (C=O) groups is 3. The van der Waals surface area contributed by atoms with Crippen molar-refractivity contribution < 1.29 is 19.1 Å². The molecule has 0 fully saturated rings. The lowest BCUT2D eigenvalue weighted by atomic mass is 10.3. The van der Waals surface area contributed by atoms with Crippen molar-refractivity contribution in [1.29, 1.82) is 0 Å². The average molecular weight is 279 g/mol. The van der Waals surface area contributed by atoms with Crippen molar-refractivity contribution in [3.8, 4) is 5.75 Å². The Morgan fingerprint density at radius 1 is 1.00 bits per heavy atom.